The van der Waals surface area contributed by atoms with Gasteiger partial charge in [-0.3, -0.25) is 4.79 Å². The molecular weight excluding hydrogens is 329 g/mol. The summed E-state index contributed by atoms with van der Waals surface area (Å²) in [6, 6.07) is 2.72. The highest BCUT2D eigenvalue weighted by Crippen LogP contribution is 2.34. The van der Waals surface area contributed by atoms with E-state index in [-0.39, 0.29) is 33.4 Å². The molecule has 1 saturated carbocycles. The Morgan fingerprint density at radius 2 is 2.20 bits per heavy atom. The van der Waals surface area contributed by atoms with E-state index in [0.717, 1.165) is 18.9 Å². The number of benzene rings is 1. The topological polar surface area (TPSA) is 70.1 Å². The summed E-state index contributed by atoms with van der Waals surface area (Å²) in [5.41, 5.74) is 5.63. The zero-order valence-electron chi connectivity index (χ0n) is 10.3. The van der Waals surface area contributed by atoms with Crippen molar-refractivity contribution in [1.29, 1.82) is 0 Å². The Hall–Kier alpha value is -1.89. The van der Waals surface area contributed by atoms with Gasteiger partial charge in [0, 0.05) is 24.5 Å². The molecule has 0 atom stereocenters. The summed E-state index contributed by atoms with van der Waals surface area (Å²) in [6.45, 7) is 0. The van der Waals surface area contributed by atoms with Crippen LogP contribution in [-0.2, 0) is 0 Å². The normalized spacial score (nSPS) is 14.3. The molecule has 0 radical (unpaired) electrons. The molecule has 0 saturated heterocycles. The van der Waals surface area contributed by atoms with E-state index in [1.54, 1.807) is 10.8 Å². The molecule has 0 aliphatic heterocycles. The van der Waals surface area contributed by atoms with Gasteiger partial charge < -0.3 is 15.0 Å². The Balaban J connectivity index is 1.97. The molecule has 1 aromatic carbocycles. The average Bonchev–Trinajstić information content (AvgIpc) is 3.22. The fraction of sp³-hybridized carbons (Fsp3) is 0.231. The molecule has 1 heterocycles. The molecule has 3 rings (SSSR count). The van der Waals surface area contributed by atoms with Gasteiger partial charge in [-0.2, -0.15) is 0 Å². The number of rotatable bonds is 3. The molecule has 20 heavy (non-hydrogen) atoms. The molecule has 104 valence electrons. The average molecular weight is 340 g/mol. The van der Waals surface area contributed by atoms with Crippen LogP contribution in [0.5, 0.6) is 11.6 Å². The smallest absolute Gasteiger partial charge is 0.313 e. The Kier molecular flexibility index (Phi) is 3.21. The fourth-order valence-corrected chi connectivity index (χ4v) is 2.21. The van der Waals surface area contributed by atoms with Gasteiger partial charge in [0.25, 0.3) is 5.88 Å². The number of aromatic nitrogens is 2. The van der Waals surface area contributed by atoms with E-state index in [1.807, 2.05) is 0 Å². The molecule has 0 spiro atoms. The van der Waals surface area contributed by atoms with Gasteiger partial charge in [-0.1, -0.05) is 0 Å². The zero-order valence-corrected chi connectivity index (χ0v) is 11.9. The highest BCUT2D eigenvalue weighted by Gasteiger charge is 2.25. The lowest BCUT2D eigenvalue weighted by molar-refractivity contribution is 0.442. The molecule has 0 amide bonds. The largest absolute Gasteiger partial charge is 0.432 e. The first-order valence-electron chi connectivity index (χ1n) is 6.06. The Bertz CT molecular complexity index is 728. The van der Waals surface area contributed by atoms with Gasteiger partial charge in [0.05, 0.1) is 10.2 Å². The van der Waals surface area contributed by atoms with Crippen LogP contribution in [0.4, 0.5) is 10.1 Å². The molecule has 0 unspecified atom stereocenters. The monoisotopic (exact) mass is 339 g/mol. The molecule has 5 nitrogen and oxygen atoms in total. The van der Waals surface area contributed by atoms with Crippen molar-refractivity contribution >= 4 is 21.6 Å². The molecule has 1 aromatic heterocycles. The minimum atomic E-state index is -0.521. The van der Waals surface area contributed by atoms with E-state index in [4.69, 9.17) is 10.5 Å². The summed E-state index contributed by atoms with van der Waals surface area (Å²) in [6.07, 6.45) is 5.05. The van der Waals surface area contributed by atoms with Gasteiger partial charge in [0.15, 0.2) is 5.75 Å². The van der Waals surface area contributed by atoms with Gasteiger partial charge in [0.1, 0.15) is 5.82 Å². The SMILES string of the molecule is Nc1cc(Br)c(F)cc1Oc1nccn(C2CC2)c1=O. The van der Waals surface area contributed by atoms with E-state index >= 15 is 0 Å². The number of hydrogen-bond donors (Lipinski definition) is 1. The number of anilines is 1. The molecular formula is C13H11BrFN3O2. The van der Waals surface area contributed by atoms with Crippen LogP contribution in [0.2, 0.25) is 0 Å². The quantitative estimate of drug-likeness (QED) is 0.873. The first-order valence-corrected chi connectivity index (χ1v) is 6.85. The lowest BCUT2D eigenvalue weighted by Gasteiger charge is -2.09. The number of hydrogen-bond acceptors (Lipinski definition) is 4. The maximum atomic E-state index is 13.5. The van der Waals surface area contributed by atoms with Crippen molar-refractivity contribution in [3.63, 3.8) is 0 Å². The highest BCUT2D eigenvalue weighted by atomic mass is 79.9. The maximum absolute atomic E-state index is 13.5. The first kappa shape index (κ1) is 13.1. The van der Waals surface area contributed by atoms with Crippen LogP contribution in [0.3, 0.4) is 0 Å². The van der Waals surface area contributed by atoms with Crippen molar-refractivity contribution in [3.05, 3.63) is 45.2 Å². The fourth-order valence-electron chi connectivity index (χ4n) is 1.85. The summed E-state index contributed by atoms with van der Waals surface area (Å²) in [5, 5.41) is 0. The van der Waals surface area contributed by atoms with Crippen LogP contribution in [0.25, 0.3) is 0 Å². The standard InChI is InChI=1S/C13H11BrFN3O2/c14-8-5-10(16)11(6-9(8)15)20-12-13(19)18(4-3-17-12)7-1-2-7/h3-7H,1-2,16H2. The van der Waals surface area contributed by atoms with Crippen LogP contribution >= 0.6 is 15.9 Å². The summed E-state index contributed by atoms with van der Waals surface area (Å²) in [4.78, 5) is 16.0. The summed E-state index contributed by atoms with van der Waals surface area (Å²) in [5.74, 6) is -0.552. The van der Waals surface area contributed by atoms with Crippen LogP contribution in [0.1, 0.15) is 18.9 Å². The zero-order chi connectivity index (χ0) is 14.3. The van der Waals surface area contributed by atoms with Crippen molar-refractivity contribution in [1.82, 2.24) is 9.55 Å². The number of nitrogen functional groups attached to an aromatic ring is 1. The minimum Gasteiger partial charge on any atom is -0.432 e. The van der Waals surface area contributed by atoms with E-state index in [1.165, 1.54) is 12.3 Å². The van der Waals surface area contributed by atoms with Crippen molar-refractivity contribution in [3.8, 4) is 11.6 Å². The molecule has 0 bridgehead atoms. The second kappa shape index (κ2) is 4.90. The van der Waals surface area contributed by atoms with Crippen molar-refractivity contribution in [2.45, 2.75) is 18.9 Å². The summed E-state index contributed by atoms with van der Waals surface area (Å²) in [7, 11) is 0. The lowest BCUT2D eigenvalue weighted by atomic mass is 10.3. The third kappa shape index (κ3) is 2.40. The molecule has 1 aliphatic carbocycles. The van der Waals surface area contributed by atoms with Crippen LogP contribution in [0.15, 0.2) is 33.8 Å². The summed E-state index contributed by atoms with van der Waals surface area (Å²) < 4.78 is 20.7. The molecule has 1 fully saturated rings. The van der Waals surface area contributed by atoms with E-state index in [0.29, 0.717) is 0 Å². The maximum Gasteiger partial charge on any atom is 0.313 e. The van der Waals surface area contributed by atoms with Crippen LogP contribution in [-0.4, -0.2) is 9.55 Å². The van der Waals surface area contributed by atoms with Crippen molar-refractivity contribution < 1.29 is 9.13 Å². The third-order valence-electron chi connectivity index (χ3n) is 3.04. The Morgan fingerprint density at radius 1 is 1.45 bits per heavy atom. The second-order valence-corrected chi connectivity index (χ2v) is 5.44. The number of nitrogens with two attached hydrogens (primary N) is 1. The van der Waals surface area contributed by atoms with E-state index < -0.39 is 5.82 Å². The van der Waals surface area contributed by atoms with Crippen molar-refractivity contribution in [2.24, 2.45) is 0 Å². The summed E-state index contributed by atoms with van der Waals surface area (Å²) >= 11 is 3.03. The van der Waals surface area contributed by atoms with Gasteiger partial charge >= 0.3 is 5.56 Å². The van der Waals surface area contributed by atoms with E-state index in [9.17, 15) is 9.18 Å². The second-order valence-electron chi connectivity index (χ2n) is 4.58. The van der Waals surface area contributed by atoms with Crippen LogP contribution < -0.4 is 16.0 Å². The minimum absolute atomic E-state index is 0.0730. The lowest BCUT2D eigenvalue weighted by Crippen LogP contribution is -2.20. The van der Waals surface area contributed by atoms with Gasteiger partial charge in [-0.15, -0.1) is 0 Å². The predicted octanol–water partition coefficient (Wildman–Crippen LogP) is 2.85. The first-order chi connectivity index (χ1) is 9.56. The van der Waals surface area contributed by atoms with Gasteiger partial charge in [-0.25, -0.2) is 9.37 Å². The third-order valence-corrected chi connectivity index (χ3v) is 3.64. The van der Waals surface area contributed by atoms with E-state index in [2.05, 4.69) is 20.9 Å². The van der Waals surface area contributed by atoms with Gasteiger partial charge in [-0.05, 0) is 34.8 Å². The van der Waals surface area contributed by atoms with Crippen LogP contribution in [0, 0.1) is 5.82 Å². The molecule has 2 aromatic rings. The molecule has 2 N–H and O–H groups in total. The highest BCUT2D eigenvalue weighted by molar-refractivity contribution is 9.10. The van der Waals surface area contributed by atoms with Crippen molar-refractivity contribution in [2.75, 3.05) is 5.73 Å². The molecule has 1 aliphatic rings. The number of ether oxygens (including phenoxy) is 1. The van der Waals surface area contributed by atoms with Gasteiger partial charge in [0.2, 0.25) is 0 Å². The number of nitrogens with zero attached hydrogens (tertiary/aromatic N) is 2. The predicted molar refractivity (Wildman–Crippen MR) is 75.4 cm³/mol. The molecule has 7 heteroatoms. The number of halogens is 2. The Labute approximate surface area is 122 Å². The Morgan fingerprint density at radius 3 is 2.90 bits per heavy atom.